The van der Waals surface area contributed by atoms with Gasteiger partial charge in [0.2, 0.25) is 0 Å². The fourth-order valence-electron chi connectivity index (χ4n) is 2.92. The van der Waals surface area contributed by atoms with E-state index in [2.05, 4.69) is 5.32 Å². The van der Waals surface area contributed by atoms with Crippen LogP contribution in [0.25, 0.3) is 0 Å². The molecule has 0 aromatic heterocycles. The van der Waals surface area contributed by atoms with E-state index in [1.165, 1.54) is 12.1 Å². The minimum Gasteiger partial charge on any atom is -0.387 e. The third-order valence-electron chi connectivity index (χ3n) is 4.48. The molecule has 0 bridgehead atoms. The Kier molecular flexibility index (Phi) is 6.45. The fraction of sp³-hybridized carbons (Fsp3) is 0.316. The molecule has 1 saturated heterocycles. The van der Waals surface area contributed by atoms with Gasteiger partial charge in [0.15, 0.2) is 0 Å². The number of ether oxygens (including phenoxy) is 1. The number of amides is 1. The minimum atomic E-state index is -0.869. The summed E-state index contributed by atoms with van der Waals surface area (Å²) in [6.07, 6.45) is -0.869. The van der Waals surface area contributed by atoms with Crippen LogP contribution < -0.4 is 5.32 Å². The second-order valence-electron chi connectivity index (χ2n) is 6.34. The number of carbonyl (C=O) groups excluding carboxylic acids is 1. The first kappa shape index (κ1) is 20.1. The van der Waals surface area contributed by atoms with Gasteiger partial charge in [0, 0.05) is 36.3 Å². The van der Waals surface area contributed by atoms with E-state index in [4.69, 9.17) is 16.3 Å². The highest BCUT2D eigenvalue weighted by Crippen LogP contribution is 2.27. The van der Waals surface area contributed by atoms with Crippen LogP contribution in [0.2, 0.25) is 5.02 Å². The summed E-state index contributed by atoms with van der Waals surface area (Å²) < 4.78 is 5.22. The maximum atomic E-state index is 12.5. The number of hydrogen-bond donors (Lipinski definition) is 2. The number of anilines is 1. The maximum absolute atomic E-state index is 12.5. The number of nitro benzene ring substituents is 1. The number of benzene rings is 2. The molecule has 1 heterocycles. The number of morpholine rings is 1. The van der Waals surface area contributed by atoms with E-state index < -0.39 is 11.0 Å². The molecule has 1 fully saturated rings. The Morgan fingerprint density at radius 1 is 1.25 bits per heavy atom. The number of rotatable bonds is 6. The van der Waals surface area contributed by atoms with Crippen molar-refractivity contribution in [1.29, 1.82) is 0 Å². The van der Waals surface area contributed by atoms with Crippen molar-refractivity contribution in [1.82, 2.24) is 4.90 Å². The van der Waals surface area contributed by atoms with E-state index >= 15 is 0 Å². The summed E-state index contributed by atoms with van der Waals surface area (Å²) in [4.78, 5) is 25.1. The summed E-state index contributed by atoms with van der Waals surface area (Å²) in [5, 5.41) is 25.2. The summed E-state index contributed by atoms with van der Waals surface area (Å²) in [5.74, 6) is -0.265. The van der Waals surface area contributed by atoms with Gasteiger partial charge in [-0.3, -0.25) is 14.9 Å². The molecular formula is C19H20ClN3O5. The topological polar surface area (TPSA) is 105 Å². The summed E-state index contributed by atoms with van der Waals surface area (Å²) >= 11 is 5.83. The lowest BCUT2D eigenvalue weighted by molar-refractivity contribution is -0.384. The van der Waals surface area contributed by atoms with Crippen LogP contribution in [0.15, 0.2) is 42.5 Å². The van der Waals surface area contributed by atoms with Crippen LogP contribution >= 0.6 is 11.6 Å². The second-order valence-corrected chi connectivity index (χ2v) is 6.78. The zero-order chi connectivity index (χ0) is 20.1. The van der Waals surface area contributed by atoms with Crippen molar-refractivity contribution < 1.29 is 19.6 Å². The molecule has 1 aliphatic heterocycles. The number of nitrogens with zero attached hydrogens (tertiary/aromatic N) is 2. The Hall–Kier alpha value is -2.68. The first-order valence-corrected chi connectivity index (χ1v) is 9.16. The Morgan fingerprint density at radius 3 is 2.57 bits per heavy atom. The van der Waals surface area contributed by atoms with Crippen molar-refractivity contribution in [2.75, 3.05) is 38.2 Å². The molecule has 2 N–H and O–H groups in total. The van der Waals surface area contributed by atoms with Crippen LogP contribution in [0, 0.1) is 10.1 Å². The molecule has 8 nitrogen and oxygen atoms in total. The van der Waals surface area contributed by atoms with Gasteiger partial charge in [0.05, 0.1) is 24.2 Å². The molecule has 1 amide bonds. The van der Waals surface area contributed by atoms with Gasteiger partial charge in [0.1, 0.15) is 5.69 Å². The van der Waals surface area contributed by atoms with Crippen LogP contribution in [0.3, 0.4) is 0 Å². The van der Waals surface area contributed by atoms with Crippen LogP contribution in [0.1, 0.15) is 22.0 Å². The van der Waals surface area contributed by atoms with E-state index in [0.717, 1.165) is 0 Å². The lowest BCUT2D eigenvalue weighted by Crippen LogP contribution is -2.40. The predicted octanol–water partition coefficient (Wildman–Crippen LogP) is 2.87. The van der Waals surface area contributed by atoms with Crippen molar-refractivity contribution in [2.24, 2.45) is 0 Å². The Morgan fingerprint density at radius 2 is 1.93 bits per heavy atom. The number of carbonyl (C=O) groups is 1. The molecule has 1 atom stereocenters. The zero-order valence-corrected chi connectivity index (χ0v) is 15.8. The van der Waals surface area contributed by atoms with E-state index in [1.54, 1.807) is 35.2 Å². The van der Waals surface area contributed by atoms with Gasteiger partial charge >= 0.3 is 0 Å². The first-order chi connectivity index (χ1) is 13.5. The molecule has 9 heteroatoms. The van der Waals surface area contributed by atoms with Crippen LogP contribution in [-0.2, 0) is 4.74 Å². The van der Waals surface area contributed by atoms with Gasteiger partial charge in [-0.25, -0.2) is 0 Å². The van der Waals surface area contributed by atoms with Crippen LogP contribution in [0.4, 0.5) is 11.4 Å². The Balaban J connectivity index is 1.73. The molecular weight excluding hydrogens is 386 g/mol. The SMILES string of the molecule is O=C(c1ccc(NCC(O)c2ccc(Cl)cc2)c([N+](=O)[O-])c1)N1CCOCC1. The molecule has 28 heavy (non-hydrogen) atoms. The number of nitrogens with one attached hydrogen (secondary N) is 1. The molecule has 1 aliphatic rings. The summed E-state index contributed by atoms with van der Waals surface area (Å²) in [5.41, 5.74) is 0.898. The number of hydrogen-bond acceptors (Lipinski definition) is 6. The summed E-state index contributed by atoms with van der Waals surface area (Å²) in [6.45, 7) is 1.89. The number of halogens is 1. The van der Waals surface area contributed by atoms with Gasteiger partial charge in [-0.15, -0.1) is 0 Å². The van der Waals surface area contributed by atoms with Crippen molar-refractivity contribution in [3.8, 4) is 0 Å². The quantitative estimate of drug-likeness (QED) is 0.565. The van der Waals surface area contributed by atoms with Crippen molar-refractivity contribution in [3.05, 3.63) is 68.7 Å². The van der Waals surface area contributed by atoms with Crippen LogP contribution in [0.5, 0.6) is 0 Å². The second kappa shape index (κ2) is 9.01. The van der Waals surface area contributed by atoms with Gasteiger partial charge in [0.25, 0.3) is 11.6 Å². The number of aliphatic hydroxyl groups is 1. The molecule has 0 aliphatic carbocycles. The predicted molar refractivity (Wildman–Crippen MR) is 105 cm³/mol. The smallest absolute Gasteiger partial charge is 0.293 e. The van der Waals surface area contributed by atoms with E-state index in [-0.39, 0.29) is 29.4 Å². The van der Waals surface area contributed by atoms with Crippen molar-refractivity contribution in [2.45, 2.75) is 6.10 Å². The first-order valence-electron chi connectivity index (χ1n) is 8.78. The molecule has 0 spiro atoms. The largest absolute Gasteiger partial charge is 0.387 e. The van der Waals surface area contributed by atoms with Gasteiger partial charge in [-0.1, -0.05) is 23.7 Å². The fourth-order valence-corrected chi connectivity index (χ4v) is 3.05. The standard InChI is InChI=1S/C19H20ClN3O5/c20-15-4-1-13(2-5-15)18(24)12-21-16-6-3-14(11-17(16)23(26)27)19(25)22-7-9-28-10-8-22/h1-6,11,18,21,24H,7-10,12H2. The van der Waals surface area contributed by atoms with Gasteiger partial charge in [-0.05, 0) is 29.8 Å². The monoisotopic (exact) mass is 405 g/mol. The average molecular weight is 406 g/mol. The van der Waals surface area contributed by atoms with Crippen molar-refractivity contribution >= 4 is 28.9 Å². The van der Waals surface area contributed by atoms with E-state index in [0.29, 0.717) is 36.9 Å². The number of aliphatic hydroxyl groups excluding tert-OH is 1. The molecule has 0 saturated carbocycles. The third-order valence-corrected chi connectivity index (χ3v) is 4.73. The molecule has 0 radical (unpaired) electrons. The Bertz CT molecular complexity index is 853. The lowest BCUT2D eigenvalue weighted by Gasteiger charge is -2.26. The van der Waals surface area contributed by atoms with E-state index in [9.17, 15) is 20.0 Å². The normalized spacial score (nSPS) is 15.1. The summed E-state index contributed by atoms with van der Waals surface area (Å²) in [6, 6.07) is 11.0. The van der Waals surface area contributed by atoms with Crippen LogP contribution in [-0.4, -0.2) is 53.7 Å². The average Bonchev–Trinajstić information content (AvgIpc) is 2.72. The summed E-state index contributed by atoms with van der Waals surface area (Å²) in [7, 11) is 0. The lowest BCUT2D eigenvalue weighted by atomic mass is 10.1. The molecule has 2 aromatic carbocycles. The van der Waals surface area contributed by atoms with E-state index in [1.807, 2.05) is 0 Å². The molecule has 2 aromatic rings. The molecule has 148 valence electrons. The van der Waals surface area contributed by atoms with Gasteiger partial charge in [-0.2, -0.15) is 0 Å². The highest BCUT2D eigenvalue weighted by molar-refractivity contribution is 6.30. The highest BCUT2D eigenvalue weighted by Gasteiger charge is 2.23. The van der Waals surface area contributed by atoms with Crippen molar-refractivity contribution in [3.63, 3.8) is 0 Å². The Labute approximate surface area is 166 Å². The third kappa shape index (κ3) is 4.78. The number of nitro groups is 1. The highest BCUT2D eigenvalue weighted by atomic mass is 35.5. The molecule has 1 unspecified atom stereocenters. The maximum Gasteiger partial charge on any atom is 0.293 e. The minimum absolute atomic E-state index is 0.0687. The zero-order valence-electron chi connectivity index (χ0n) is 15.0. The molecule has 3 rings (SSSR count). The van der Waals surface area contributed by atoms with Gasteiger partial charge < -0.3 is 20.1 Å².